The first-order chi connectivity index (χ1) is 10.8. The van der Waals surface area contributed by atoms with Crippen molar-refractivity contribution in [1.82, 2.24) is 0 Å². The number of nitrogens with two attached hydrogens (primary N) is 1. The van der Waals surface area contributed by atoms with Crippen molar-refractivity contribution < 1.29 is 32.6 Å². The number of hydrogen-bond donors (Lipinski definition) is 2. The van der Waals surface area contributed by atoms with Gasteiger partial charge in [-0.3, -0.25) is 9.59 Å². The molecule has 5 nitrogen and oxygen atoms in total. The van der Waals surface area contributed by atoms with E-state index in [9.17, 15) is 27.9 Å². The zero-order valence-electron chi connectivity index (χ0n) is 13.6. The summed E-state index contributed by atoms with van der Waals surface area (Å²) in [6, 6.07) is 3.16. The smallest absolute Gasteiger partial charge is 0.416 e. The van der Waals surface area contributed by atoms with Gasteiger partial charge in [0.05, 0.1) is 5.56 Å². The highest BCUT2D eigenvalue weighted by Gasteiger charge is 2.37. The fraction of sp³-hybridized carbons (Fsp3) is 0.500. The third-order valence-corrected chi connectivity index (χ3v) is 3.08. The van der Waals surface area contributed by atoms with Gasteiger partial charge in [0.1, 0.15) is 5.60 Å². The lowest BCUT2D eigenvalue weighted by molar-refractivity contribution is -0.167. The van der Waals surface area contributed by atoms with Crippen molar-refractivity contribution in [3.8, 4) is 0 Å². The number of aliphatic carboxylic acids is 1. The largest absolute Gasteiger partial charge is 0.481 e. The molecule has 0 heterocycles. The molecule has 0 radical (unpaired) electrons. The molecule has 24 heavy (non-hydrogen) atoms. The van der Waals surface area contributed by atoms with Gasteiger partial charge in [0.25, 0.3) is 0 Å². The van der Waals surface area contributed by atoms with Crippen molar-refractivity contribution in [2.24, 2.45) is 11.7 Å². The fourth-order valence-electron chi connectivity index (χ4n) is 2.09. The van der Waals surface area contributed by atoms with Crippen LogP contribution in [0.3, 0.4) is 0 Å². The van der Waals surface area contributed by atoms with E-state index in [1.54, 1.807) is 20.8 Å². The molecular formula is C16H20F3NO4. The Morgan fingerprint density at radius 2 is 1.83 bits per heavy atom. The van der Waals surface area contributed by atoms with E-state index in [0.717, 1.165) is 12.1 Å². The summed E-state index contributed by atoms with van der Waals surface area (Å²) in [6.07, 6.45) is -4.72. The first-order valence-corrected chi connectivity index (χ1v) is 7.18. The van der Waals surface area contributed by atoms with Gasteiger partial charge in [0, 0.05) is 6.04 Å². The average Bonchev–Trinajstić information content (AvgIpc) is 2.35. The molecule has 0 saturated carbocycles. The molecule has 134 valence electrons. The number of hydrogen-bond acceptors (Lipinski definition) is 4. The van der Waals surface area contributed by atoms with E-state index < -0.39 is 41.2 Å². The summed E-state index contributed by atoms with van der Waals surface area (Å²) in [5.74, 6) is -4.17. The van der Waals surface area contributed by atoms with Gasteiger partial charge in [0.15, 0.2) is 5.92 Å². The summed E-state index contributed by atoms with van der Waals surface area (Å²) < 4.78 is 43.1. The predicted octanol–water partition coefficient (Wildman–Crippen LogP) is 2.62. The van der Waals surface area contributed by atoms with Gasteiger partial charge < -0.3 is 15.6 Å². The summed E-state index contributed by atoms with van der Waals surface area (Å²) in [5, 5.41) is 9.21. The number of ether oxygens (including phenoxy) is 1. The van der Waals surface area contributed by atoms with Crippen molar-refractivity contribution in [3.05, 3.63) is 35.4 Å². The summed E-state index contributed by atoms with van der Waals surface area (Å²) >= 11 is 0. The molecule has 0 spiro atoms. The maximum absolute atomic E-state index is 12.7. The normalized spacial score (nSPS) is 14.8. The third kappa shape index (κ3) is 5.84. The Hall–Kier alpha value is -2.09. The summed E-state index contributed by atoms with van der Waals surface area (Å²) in [6.45, 7) is 4.71. The summed E-state index contributed by atoms with van der Waals surface area (Å²) in [5.41, 5.74) is 4.19. The Balaban J connectivity index is 2.96. The number of benzene rings is 1. The third-order valence-electron chi connectivity index (χ3n) is 3.08. The second-order valence-electron chi connectivity index (χ2n) is 6.42. The zero-order valence-corrected chi connectivity index (χ0v) is 13.6. The molecule has 0 aromatic heterocycles. The van der Waals surface area contributed by atoms with Crippen LogP contribution in [0.25, 0.3) is 0 Å². The van der Waals surface area contributed by atoms with Crippen LogP contribution in [0.1, 0.15) is 31.9 Å². The number of carbonyl (C=O) groups excluding carboxylic acids is 1. The minimum atomic E-state index is -4.52. The standard InChI is InChI=1S/C16H20F3NO4/c1-15(2,3)24-14(23)12(13(21)22)11(20)8-9-5-4-6-10(7-9)16(17,18)19/h4-7,11-12H,8,20H2,1-3H3,(H,21,22)/t11-,12+/m0/s1. The van der Waals surface area contributed by atoms with Crippen LogP contribution in [0, 0.1) is 5.92 Å². The molecule has 0 bridgehead atoms. The monoisotopic (exact) mass is 347 g/mol. The molecule has 0 saturated heterocycles. The molecule has 0 amide bonds. The molecule has 1 aromatic rings. The number of alkyl halides is 3. The van der Waals surface area contributed by atoms with Crippen LogP contribution in [0.15, 0.2) is 24.3 Å². The topological polar surface area (TPSA) is 89.6 Å². The maximum Gasteiger partial charge on any atom is 0.416 e. The SMILES string of the molecule is CC(C)(C)OC(=O)[C@@H](C(=O)O)[C@@H](N)Cc1cccc(C(F)(F)F)c1. The van der Waals surface area contributed by atoms with Gasteiger partial charge in [-0.15, -0.1) is 0 Å². The van der Waals surface area contributed by atoms with Crippen molar-refractivity contribution in [3.63, 3.8) is 0 Å². The van der Waals surface area contributed by atoms with Crippen LogP contribution >= 0.6 is 0 Å². The van der Waals surface area contributed by atoms with Crippen molar-refractivity contribution in [2.75, 3.05) is 0 Å². The average molecular weight is 347 g/mol. The second-order valence-corrected chi connectivity index (χ2v) is 6.42. The lowest BCUT2D eigenvalue weighted by atomic mass is 9.93. The van der Waals surface area contributed by atoms with Crippen LogP contribution in [0.5, 0.6) is 0 Å². The molecule has 0 aliphatic rings. The molecule has 1 rings (SSSR count). The number of carboxylic acid groups (broad SMARTS) is 1. The Morgan fingerprint density at radius 1 is 1.25 bits per heavy atom. The highest BCUT2D eigenvalue weighted by atomic mass is 19.4. The minimum Gasteiger partial charge on any atom is -0.481 e. The quantitative estimate of drug-likeness (QED) is 0.631. The van der Waals surface area contributed by atoms with Gasteiger partial charge in [-0.2, -0.15) is 13.2 Å². The van der Waals surface area contributed by atoms with Gasteiger partial charge in [-0.25, -0.2) is 0 Å². The fourth-order valence-corrected chi connectivity index (χ4v) is 2.09. The number of halogens is 3. The van der Waals surface area contributed by atoms with Gasteiger partial charge >= 0.3 is 18.1 Å². The lowest BCUT2D eigenvalue weighted by Crippen LogP contribution is -2.45. The van der Waals surface area contributed by atoms with Crippen molar-refractivity contribution in [2.45, 2.75) is 45.0 Å². The Bertz CT molecular complexity index is 608. The molecular weight excluding hydrogens is 327 g/mol. The predicted molar refractivity (Wildman–Crippen MR) is 80.1 cm³/mol. The van der Waals surface area contributed by atoms with E-state index in [1.807, 2.05) is 0 Å². The van der Waals surface area contributed by atoms with Crippen LogP contribution in [0.2, 0.25) is 0 Å². The molecule has 0 aliphatic heterocycles. The van der Waals surface area contributed by atoms with Crippen molar-refractivity contribution >= 4 is 11.9 Å². The Kier molecular flexibility index (Phi) is 5.99. The number of esters is 1. The molecule has 0 aliphatic carbocycles. The van der Waals surface area contributed by atoms with Crippen LogP contribution in [-0.2, 0) is 26.9 Å². The van der Waals surface area contributed by atoms with E-state index in [0.29, 0.717) is 0 Å². The lowest BCUT2D eigenvalue weighted by Gasteiger charge is -2.25. The number of carboxylic acids is 1. The van der Waals surface area contributed by atoms with Crippen LogP contribution < -0.4 is 5.73 Å². The van der Waals surface area contributed by atoms with E-state index in [1.165, 1.54) is 12.1 Å². The van der Waals surface area contributed by atoms with Crippen LogP contribution in [-0.4, -0.2) is 28.7 Å². The van der Waals surface area contributed by atoms with Gasteiger partial charge in [0.2, 0.25) is 0 Å². The van der Waals surface area contributed by atoms with Gasteiger partial charge in [-0.1, -0.05) is 18.2 Å². The molecule has 0 fully saturated rings. The van der Waals surface area contributed by atoms with Crippen LogP contribution in [0.4, 0.5) is 13.2 Å². The first kappa shape index (κ1) is 20.0. The maximum atomic E-state index is 12.7. The van der Waals surface area contributed by atoms with E-state index >= 15 is 0 Å². The highest BCUT2D eigenvalue weighted by Crippen LogP contribution is 2.30. The Labute approximate surface area is 137 Å². The number of carbonyl (C=O) groups is 2. The molecule has 3 N–H and O–H groups in total. The number of rotatable bonds is 5. The Morgan fingerprint density at radius 3 is 2.29 bits per heavy atom. The molecule has 8 heteroatoms. The van der Waals surface area contributed by atoms with Gasteiger partial charge in [-0.05, 0) is 38.8 Å². The zero-order chi connectivity index (χ0) is 18.7. The minimum absolute atomic E-state index is 0.187. The second kappa shape index (κ2) is 7.21. The van der Waals surface area contributed by atoms with E-state index in [2.05, 4.69) is 0 Å². The molecule has 1 aromatic carbocycles. The molecule has 2 atom stereocenters. The van der Waals surface area contributed by atoms with E-state index in [4.69, 9.17) is 10.5 Å². The first-order valence-electron chi connectivity index (χ1n) is 7.18. The molecule has 0 unspecified atom stereocenters. The highest BCUT2D eigenvalue weighted by molar-refractivity contribution is 5.95. The summed E-state index contributed by atoms with van der Waals surface area (Å²) in [4.78, 5) is 23.3. The van der Waals surface area contributed by atoms with Crippen molar-refractivity contribution in [1.29, 1.82) is 0 Å². The van der Waals surface area contributed by atoms with E-state index in [-0.39, 0.29) is 12.0 Å². The summed E-state index contributed by atoms with van der Waals surface area (Å²) in [7, 11) is 0.